The molecule has 0 aliphatic rings. The molecule has 2 heterocycles. The standard InChI is InChI=1S/C24H24N4O2/c1-15(18-12-8-9-13-21(18)30-4)25-24(29)19-14-20(17-10-6-5-7-11-17)26-23-22(19)16(2)27-28(23)3/h5-15H,1-4H3,(H,25,29). The molecule has 2 aromatic carbocycles. The Balaban J connectivity index is 1.78. The Morgan fingerprint density at radius 2 is 1.80 bits per heavy atom. The largest absolute Gasteiger partial charge is 0.496 e. The third kappa shape index (κ3) is 3.52. The maximum absolute atomic E-state index is 13.4. The molecule has 1 amide bonds. The van der Waals surface area contributed by atoms with Crippen molar-refractivity contribution in [1.29, 1.82) is 0 Å². The van der Waals surface area contributed by atoms with Gasteiger partial charge in [0.25, 0.3) is 5.91 Å². The molecule has 0 spiro atoms. The third-order valence-electron chi connectivity index (χ3n) is 5.24. The van der Waals surface area contributed by atoms with Gasteiger partial charge in [0.1, 0.15) is 5.75 Å². The zero-order valence-corrected chi connectivity index (χ0v) is 17.5. The van der Waals surface area contributed by atoms with Crippen LogP contribution in [0.2, 0.25) is 0 Å². The molecular weight excluding hydrogens is 376 g/mol. The highest BCUT2D eigenvalue weighted by Crippen LogP contribution is 2.28. The summed E-state index contributed by atoms with van der Waals surface area (Å²) in [6, 6.07) is 19.1. The smallest absolute Gasteiger partial charge is 0.252 e. The molecule has 0 fully saturated rings. The van der Waals surface area contributed by atoms with E-state index in [0.29, 0.717) is 11.2 Å². The lowest BCUT2D eigenvalue weighted by Gasteiger charge is -2.18. The second kappa shape index (κ2) is 7.99. The van der Waals surface area contributed by atoms with Crippen LogP contribution in [0.5, 0.6) is 5.75 Å². The molecule has 6 nitrogen and oxygen atoms in total. The van der Waals surface area contributed by atoms with E-state index in [-0.39, 0.29) is 11.9 Å². The van der Waals surface area contributed by atoms with E-state index < -0.39 is 0 Å². The van der Waals surface area contributed by atoms with Gasteiger partial charge in [-0.25, -0.2) is 4.98 Å². The lowest BCUT2D eigenvalue weighted by atomic mass is 10.0. The molecule has 0 aliphatic carbocycles. The van der Waals surface area contributed by atoms with E-state index in [1.54, 1.807) is 11.8 Å². The third-order valence-corrected chi connectivity index (χ3v) is 5.24. The first-order valence-electron chi connectivity index (χ1n) is 9.83. The molecular formula is C24H24N4O2. The Morgan fingerprint density at radius 1 is 1.10 bits per heavy atom. The van der Waals surface area contributed by atoms with Gasteiger partial charge in [0.2, 0.25) is 0 Å². The summed E-state index contributed by atoms with van der Waals surface area (Å²) in [6.45, 7) is 3.84. The number of hydrogen-bond donors (Lipinski definition) is 1. The Bertz CT molecular complexity index is 1210. The van der Waals surface area contributed by atoms with Crippen LogP contribution in [-0.4, -0.2) is 27.8 Å². The first-order chi connectivity index (χ1) is 14.5. The number of fused-ring (bicyclic) bond motifs is 1. The molecule has 152 valence electrons. The van der Waals surface area contributed by atoms with Crippen molar-refractivity contribution >= 4 is 16.9 Å². The van der Waals surface area contributed by atoms with Gasteiger partial charge < -0.3 is 10.1 Å². The molecule has 1 atom stereocenters. The summed E-state index contributed by atoms with van der Waals surface area (Å²) in [4.78, 5) is 18.1. The SMILES string of the molecule is COc1ccccc1C(C)NC(=O)c1cc(-c2ccccc2)nc2c1c(C)nn2C. The van der Waals surface area contributed by atoms with Gasteiger partial charge in [-0.05, 0) is 26.0 Å². The first kappa shape index (κ1) is 19.6. The zero-order chi connectivity index (χ0) is 21.3. The highest BCUT2D eigenvalue weighted by molar-refractivity contribution is 6.07. The molecule has 1 N–H and O–H groups in total. The number of nitrogens with zero attached hydrogens (tertiary/aromatic N) is 3. The highest BCUT2D eigenvalue weighted by Gasteiger charge is 2.21. The Hall–Kier alpha value is -3.67. The van der Waals surface area contributed by atoms with E-state index >= 15 is 0 Å². The quantitative estimate of drug-likeness (QED) is 0.538. The lowest BCUT2D eigenvalue weighted by Crippen LogP contribution is -2.27. The molecule has 0 bridgehead atoms. The van der Waals surface area contributed by atoms with E-state index in [0.717, 1.165) is 33.7 Å². The molecule has 2 aromatic heterocycles. The van der Waals surface area contributed by atoms with E-state index in [1.165, 1.54) is 0 Å². The van der Waals surface area contributed by atoms with Crippen molar-refractivity contribution in [2.24, 2.45) is 7.05 Å². The van der Waals surface area contributed by atoms with Crippen LogP contribution >= 0.6 is 0 Å². The van der Waals surface area contributed by atoms with Crippen molar-refractivity contribution in [3.05, 3.63) is 77.5 Å². The number of nitrogens with one attached hydrogen (secondary N) is 1. The normalized spacial score (nSPS) is 12.0. The molecule has 0 saturated heterocycles. The number of aryl methyl sites for hydroxylation is 2. The Morgan fingerprint density at radius 3 is 2.53 bits per heavy atom. The van der Waals surface area contributed by atoms with Crippen LogP contribution in [-0.2, 0) is 7.05 Å². The second-order valence-electron chi connectivity index (χ2n) is 7.27. The topological polar surface area (TPSA) is 69.0 Å². The predicted octanol–water partition coefficient (Wildman–Crippen LogP) is 4.44. The van der Waals surface area contributed by atoms with E-state index in [2.05, 4.69) is 10.4 Å². The minimum absolute atomic E-state index is 0.172. The fourth-order valence-corrected chi connectivity index (χ4v) is 3.76. The number of carbonyl (C=O) groups is 1. The molecule has 4 rings (SSSR count). The first-order valence-corrected chi connectivity index (χ1v) is 9.83. The average Bonchev–Trinajstić information content (AvgIpc) is 3.07. The number of hydrogen-bond acceptors (Lipinski definition) is 4. The van der Waals surface area contributed by atoms with Crippen molar-refractivity contribution in [3.63, 3.8) is 0 Å². The van der Waals surface area contributed by atoms with E-state index in [9.17, 15) is 4.79 Å². The van der Waals surface area contributed by atoms with Crippen molar-refractivity contribution in [2.75, 3.05) is 7.11 Å². The van der Waals surface area contributed by atoms with Crippen molar-refractivity contribution in [2.45, 2.75) is 19.9 Å². The lowest BCUT2D eigenvalue weighted by molar-refractivity contribution is 0.0941. The van der Waals surface area contributed by atoms with Gasteiger partial charge in [-0.2, -0.15) is 5.10 Å². The molecule has 0 saturated carbocycles. The molecule has 4 aromatic rings. The summed E-state index contributed by atoms with van der Waals surface area (Å²) in [5.41, 5.74) is 4.63. The van der Waals surface area contributed by atoms with Crippen molar-refractivity contribution in [3.8, 4) is 17.0 Å². The fraction of sp³-hybridized carbons (Fsp3) is 0.208. The van der Waals surface area contributed by atoms with Crippen LogP contribution in [0.4, 0.5) is 0 Å². The fourth-order valence-electron chi connectivity index (χ4n) is 3.76. The zero-order valence-electron chi connectivity index (χ0n) is 17.5. The second-order valence-corrected chi connectivity index (χ2v) is 7.27. The Kier molecular flexibility index (Phi) is 5.23. The van der Waals surface area contributed by atoms with Crippen LogP contribution in [0, 0.1) is 6.92 Å². The highest BCUT2D eigenvalue weighted by atomic mass is 16.5. The number of rotatable bonds is 5. The Labute approximate surface area is 175 Å². The van der Waals surface area contributed by atoms with Gasteiger partial charge in [0.15, 0.2) is 5.65 Å². The number of ether oxygens (including phenoxy) is 1. The van der Waals surface area contributed by atoms with Crippen molar-refractivity contribution in [1.82, 2.24) is 20.1 Å². The van der Waals surface area contributed by atoms with Crippen LogP contribution in [0.25, 0.3) is 22.3 Å². The maximum atomic E-state index is 13.4. The summed E-state index contributed by atoms with van der Waals surface area (Å²) in [6.07, 6.45) is 0. The molecule has 0 radical (unpaired) electrons. The number of carbonyl (C=O) groups excluding carboxylic acids is 1. The van der Waals surface area contributed by atoms with Gasteiger partial charge in [0, 0.05) is 18.2 Å². The predicted molar refractivity (Wildman–Crippen MR) is 118 cm³/mol. The van der Waals surface area contributed by atoms with Crippen LogP contribution in [0.15, 0.2) is 60.7 Å². The number of aromatic nitrogens is 3. The molecule has 6 heteroatoms. The summed E-state index contributed by atoms with van der Waals surface area (Å²) in [5, 5.41) is 8.36. The molecule has 0 aliphatic heterocycles. The van der Waals surface area contributed by atoms with E-state index in [4.69, 9.17) is 9.72 Å². The van der Waals surface area contributed by atoms with Crippen LogP contribution < -0.4 is 10.1 Å². The summed E-state index contributed by atoms with van der Waals surface area (Å²) in [7, 11) is 3.47. The minimum atomic E-state index is -0.228. The van der Waals surface area contributed by atoms with Gasteiger partial charge in [-0.1, -0.05) is 48.5 Å². The van der Waals surface area contributed by atoms with Gasteiger partial charge in [-0.15, -0.1) is 0 Å². The molecule has 30 heavy (non-hydrogen) atoms. The van der Waals surface area contributed by atoms with E-state index in [1.807, 2.05) is 81.6 Å². The number of para-hydroxylation sites is 1. The summed E-state index contributed by atoms with van der Waals surface area (Å²) >= 11 is 0. The summed E-state index contributed by atoms with van der Waals surface area (Å²) in [5.74, 6) is 0.571. The number of amides is 1. The van der Waals surface area contributed by atoms with Crippen molar-refractivity contribution < 1.29 is 9.53 Å². The van der Waals surface area contributed by atoms with Crippen LogP contribution in [0.1, 0.15) is 34.6 Å². The number of benzene rings is 2. The number of pyridine rings is 1. The average molecular weight is 400 g/mol. The summed E-state index contributed by atoms with van der Waals surface area (Å²) < 4.78 is 7.17. The van der Waals surface area contributed by atoms with Gasteiger partial charge >= 0.3 is 0 Å². The minimum Gasteiger partial charge on any atom is -0.496 e. The van der Waals surface area contributed by atoms with Gasteiger partial charge in [-0.3, -0.25) is 9.48 Å². The van der Waals surface area contributed by atoms with Crippen LogP contribution in [0.3, 0.4) is 0 Å². The number of methoxy groups -OCH3 is 1. The molecule has 1 unspecified atom stereocenters. The monoisotopic (exact) mass is 400 g/mol. The van der Waals surface area contributed by atoms with Gasteiger partial charge in [0.05, 0.1) is 35.5 Å². The maximum Gasteiger partial charge on any atom is 0.252 e.